The molecular weight excluding hydrogens is 164 g/mol. The van der Waals surface area contributed by atoms with Crippen molar-refractivity contribution in [2.75, 3.05) is 0 Å². The van der Waals surface area contributed by atoms with Gasteiger partial charge in [-0.05, 0) is 12.1 Å². The fourth-order valence-electron chi connectivity index (χ4n) is 1.10. The molecule has 0 aliphatic carbocycles. The summed E-state index contributed by atoms with van der Waals surface area (Å²) in [6.07, 6.45) is 3.46. The van der Waals surface area contributed by atoms with Gasteiger partial charge in [-0.25, -0.2) is 4.98 Å². The summed E-state index contributed by atoms with van der Waals surface area (Å²) in [5.74, 6) is 0.765. The fourth-order valence-corrected chi connectivity index (χ4v) is 1.10. The molecule has 13 heavy (non-hydrogen) atoms. The first kappa shape index (κ1) is 7.94. The number of hydrogen-bond donors (Lipinski definition) is 2. The average molecular weight is 174 g/mol. The van der Waals surface area contributed by atoms with E-state index in [9.17, 15) is 0 Å². The third-order valence-corrected chi connectivity index (χ3v) is 1.76. The van der Waals surface area contributed by atoms with Gasteiger partial charge in [-0.15, -0.1) is 0 Å². The van der Waals surface area contributed by atoms with Crippen molar-refractivity contribution in [2.45, 2.75) is 6.54 Å². The Hall–Kier alpha value is -1.68. The zero-order chi connectivity index (χ0) is 9.10. The van der Waals surface area contributed by atoms with Gasteiger partial charge in [-0.1, -0.05) is 6.07 Å². The summed E-state index contributed by atoms with van der Waals surface area (Å²) >= 11 is 0. The largest absolute Gasteiger partial charge is 0.339 e. The number of aromatic nitrogens is 3. The maximum atomic E-state index is 5.45. The molecule has 0 saturated carbocycles. The lowest BCUT2D eigenvalue weighted by Gasteiger charge is -1.93. The number of nitrogens with one attached hydrogen (secondary N) is 1. The highest BCUT2D eigenvalue weighted by atomic mass is 14.9. The van der Waals surface area contributed by atoms with Crippen LogP contribution in [0.4, 0.5) is 0 Å². The minimum Gasteiger partial charge on any atom is -0.339 e. The van der Waals surface area contributed by atoms with Crippen LogP contribution in [0.25, 0.3) is 11.5 Å². The van der Waals surface area contributed by atoms with Crippen LogP contribution in [0.15, 0.2) is 30.6 Å². The van der Waals surface area contributed by atoms with Crippen molar-refractivity contribution in [3.05, 3.63) is 36.3 Å². The van der Waals surface area contributed by atoms with Crippen LogP contribution in [-0.2, 0) is 6.54 Å². The standard InChI is InChI=1S/C9H10N4/c10-5-7-6-12-9(13-7)8-3-1-2-4-11-8/h1-4,6H,5,10H2,(H,12,13). The number of nitrogens with zero attached hydrogens (tertiary/aromatic N) is 2. The van der Waals surface area contributed by atoms with Crippen LogP contribution in [0.5, 0.6) is 0 Å². The number of aromatic amines is 1. The van der Waals surface area contributed by atoms with Crippen molar-refractivity contribution in [2.24, 2.45) is 5.73 Å². The number of H-pyrrole nitrogens is 1. The second-order valence-electron chi connectivity index (χ2n) is 2.68. The zero-order valence-corrected chi connectivity index (χ0v) is 7.07. The fraction of sp³-hybridized carbons (Fsp3) is 0.111. The van der Waals surface area contributed by atoms with E-state index in [1.807, 2.05) is 18.2 Å². The lowest BCUT2D eigenvalue weighted by molar-refractivity contribution is 1.01. The van der Waals surface area contributed by atoms with Crippen molar-refractivity contribution in [3.63, 3.8) is 0 Å². The predicted molar refractivity (Wildman–Crippen MR) is 49.7 cm³/mol. The van der Waals surface area contributed by atoms with Gasteiger partial charge in [0, 0.05) is 24.6 Å². The zero-order valence-electron chi connectivity index (χ0n) is 7.07. The molecule has 0 aliphatic rings. The van der Waals surface area contributed by atoms with Gasteiger partial charge >= 0.3 is 0 Å². The normalized spacial score (nSPS) is 10.2. The molecule has 0 aromatic carbocycles. The molecule has 0 spiro atoms. The summed E-state index contributed by atoms with van der Waals surface area (Å²) in [6.45, 7) is 0.472. The van der Waals surface area contributed by atoms with E-state index in [0.717, 1.165) is 17.2 Å². The second kappa shape index (κ2) is 3.37. The molecule has 0 bridgehead atoms. The molecule has 2 aromatic heterocycles. The molecule has 3 N–H and O–H groups in total. The SMILES string of the molecule is NCc1cnc(-c2ccccn2)[nH]1. The number of rotatable bonds is 2. The molecule has 0 atom stereocenters. The van der Waals surface area contributed by atoms with Crippen LogP contribution in [0.1, 0.15) is 5.69 Å². The quantitative estimate of drug-likeness (QED) is 0.711. The first-order valence-corrected chi connectivity index (χ1v) is 4.05. The highest BCUT2D eigenvalue weighted by molar-refractivity contribution is 5.48. The van der Waals surface area contributed by atoms with E-state index < -0.39 is 0 Å². The highest BCUT2D eigenvalue weighted by Gasteiger charge is 2.01. The number of nitrogens with two attached hydrogens (primary N) is 1. The Morgan fingerprint density at radius 2 is 2.23 bits per heavy atom. The summed E-state index contributed by atoms with van der Waals surface area (Å²) in [7, 11) is 0. The molecule has 2 aromatic rings. The van der Waals surface area contributed by atoms with E-state index in [2.05, 4.69) is 15.0 Å². The van der Waals surface area contributed by atoms with Crippen molar-refractivity contribution < 1.29 is 0 Å². The number of pyridine rings is 1. The van der Waals surface area contributed by atoms with Gasteiger partial charge < -0.3 is 10.7 Å². The number of imidazole rings is 1. The van der Waals surface area contributed by atoms with Gasteiger partial charge in [0.1, 0.15) is 5.69 Å². The van der Waals surface area contributed by atoms with Gasteiger partial charge in [0.05, 0.1) is 0 Å². The molecule has 0 saturated heterocycles. The summed E-state index contributed by atoms with van der Waals surface area (Å²) in [5, 5.41) is 0. The third-order valence-electron chi connectivity index (χ3n) is 1.76. The minimum absolute atomic E-state index is 0.472. The molecule has 4 heteroatoms. The van der Waals surface area contributed by atoms with Crippen LogP contribution in [-0.4, -0.2) is 15.0 Å². The molecule has 0 radical (unpaired) electrons. The predicted octanol–water partition coefficient (Wildman–Crippen LogP) is 0.930. The maximum absolute atomic E-state index is 5.45. The van der Waals surface area contributed by atoms with Crippen molar-refractivity contribution >= 4 is 0 Å². The Kier molecular flexibility index (Phi) is 2.06. The van der Waals surface area contributed by atoms with Gasteiger partial charge in [0.2, 0.25) is 0 Å². The summed E-state index contributed by atoms with van der Waals surface area (Å²) in [5.41, 5.74) is 7.20. The molecule has 0 amide bonds. The monoisotopic (exact) mass is 174 g/mol. The molecule has 0 fully saturated rings. The highest BCUT2D eigenvalue weighted by Crippen LogP contribution is 2.10. The minimum atomic E-state index is 0.472. The van der Waals surface area contributed by atoms with Crippen LogP contribution >= 0.6 is 0 Å². The first-order chi connectivity index (χ1) is 6.40. The molecule has 0 unspecified atom stereocenters. The lowest BCUT2D eigenvalue weighted by Crippen LogP contribution is -1.95. The Labute approximate surface area is 75.8 Å². The van der Waals surface area contributed by atoms with Gasteiger partial charge in [-0.3, -0.25) is 4.98 Å². The van der Waals surface area contributed by atoms with Crippen LogP contribution in [0.2, 0.25) is 0 Å². The van der Waals surface area contributed by atoms with E-state index in [1.165, 1.54) is 0 Å². The molecule has 4 nitrogen and oxygen atoms in total. The summed E-state index contributed by atoms with van der Waals surface area (Å²) in [6, 6.07) is 5.70. The Morgan fingerprint density at radius 3 is 2.85 bits per heavy atom. The lowest BCUT2D eigenvalue weighted by atomic mass is 10.3. The molecule has 66 valence electrons. The summed E-state index contributed by atoms with van der Waals surface area (Å²) in [4.78, 5) is 11.4. The smallest absolute Gasteiger partial charge is 0.156 e. The Bertz CT molecular complexity index is 380. The molecule has 2 heterocycles. The summed E-state index contributed by atoms with van der Waals surface area (Å²) < 4.78 is 0. The van der Waals surface area contributed by atoms with Gasteiger partial charge in [0.15, 0.2) is 5.82 Å². The second-order valence-corrected chi connectivity index (χ2v) is 2.68. The Morgan fingerprint density at radius 1 is 1.31 bits per heavy atom. The van der Waals surface area contributed by atoms with Crippen molar-refractivity contribution in [1.29, 1.82) is 0 Å². The van der Waals surface area contributed by atoms with E-state index in [1.54, 1.807) is 12.4 Å². The van der Waals surface area contributed by atoms with Crippen molar-refractivity contribution in [3.8, 4) is 11.5 Å². The topological polar surface area (TPSA) is 67.6 Å². The van der Waals surface area contributed by atoms with Crippen LogP contribution in [0, 0.1) is 0 Å². The van der Waals surface area contributed by atoms with E-state index >= 15 is 0 Å². The van der Waals surface area contributed by atoms with Gasteiger partial charge in [-0.2, -0.15) is 0 Å². The Balaban J connectivity index is 2.36. The van der Waals surface area contributed by atoms with Crippen molar-refractivity contribution in [1.82, 2.24) is 15.0 Å². The van der Waals surface area contributed by atoms with Crippen LogP contribution < -0.4 is 5.73 Å². The first-order valence-electron chi connectivity index (χ1n) is 4.05. The van der Waals surface area contributed by atoms with E-state index in [4.69, 9.17) is 5.73 Å². The van der Waals surface area contributed by atoms with E-state index in [0.29, 0.717) is 6.54 Å². The van der Waals surface area contributed by atoms with E-state index in [-0.39, 0.29) is 0 Å². The van der Waals surface area contributed by atoms with Crippen LogP contribution in [0.3, 0.4) is 0 Å². The maximum Gasteiger partial charge on any atom is 0.156 e. The average Bonchev–Trinajstić information content (AvgIpc) is 2.67. The number of hydrogen-bond acceptors (Lipinski definition) is 3. The molecule has 2 rings (SSSR count). The third kappa shape index (κ3) is 1.57. The molecular formula is C9H10N4. The van der Waals surface area contributed by atoms with Gasteiger partial charge in [0.25, 0.3) is 0 Å². The molecule has 0 aliphatic heterocycles.